The van der Waals surface area contributed by atoms with Crippen LogP contribution >= 0.6 is 15.9 Å². The first kappa shape index (κ1) is 15.9. The number of benzene rings is 1. The van der Waals surface area contributed by atoms with Gasteiger partial charge < -0.3 is 5.32 Å². The molecule has 1 fully saturated rings. The maximum atomic E-state index is 13.9. The molecule has 0 radical (unpaired) electrons. The van der Waals surface area contributed by atoms with Gasteiger partial charge in [-0.3, -0.25) is 4.90 Å². The molecule has 0 bridgehead atoms. The van der Waals surface area contributed by atoms with Crippen molar-refractivity contribution in [2.24, 2.45) is 5.92 Å². The van der Waals surface area contributed by atoms with Crippen molar-refractivity contribution in [2.75, 3.05) is 19.6 Å². The van der Waals surface area contributed by atoms with Crippen LogP contribution in [0.5, 0.6) is 0 Å². The topological polar surface area (TPSA) is 15.3 Å². The number of nitrogens with one attached hydrogen (secondary N) is 1. The quantitative estimate of drug-likeness (QED) is 0.895. The normalized spacial score (nSPS) is 21.1. The van der Waals surface area contributed by atoms with E-state index in [1.165, 1.54) is 6.42 Å². The van der Waals surface area contributed by atoms with Gasteiger partial charge in [-0.05, 0) is 44.0 Å². The molecular formula is C16H24BrFN2. The highest BCUT2D eigenvalue weighted by Crippen LogP contribution is 2.18. The van der Waals surface area contributed by atoms with Crippen LogP contribution in [0, 0.1) is 11.7 Å². The molecule has 20 heavy (non-hydrogen) atoms. The number of hydrogen-bond donors (Lipinski definition) is 1. The molecule has 2 nitrogen and oxygen atoms in total. The van der Waals surface area contributed by atoms with E-state index >= 15 is 0 Å². The Morgan fingerprint density at radius 2 is 2.25 bits per heavy atom. The van der Waals surface area contributed by atoms with Gasteiger partial charge in [-0.25, -0.2) is 4.39 Å². The Kier molecular flexibility index (Phi) is 6.00. The van der Waals surface area contributed by atoms with Crippen LogP contribution in [0.1, 0.15) is 32.3 Å². The van der Waals surface area contributed by atoms with E-state index in [2.05, 4.69) is 40.0 Å². The predicted molar refractivity (Wildman–Crippen MR) is 85.2 cm³/mol. The number of hydrogen-bond acceptors (Lipinski definition) is 2. The summed E-state index contributed by atoms with van der Waals surface area (Å²) in [7, 11) is 0. The monoisotopic (exact) mass is 342 g/mol. The minimum absolute atomic E-state index is 0.114. The highest BCUT2D eigenvalue weighted by Gasteiger charge is 2.19. The zero-order valence-electron chi connectivity index (χ0n) is 12.3. The van der Waals surface area contributed by atoms with Gasteiger partial charge in [-0.15, -0.1) is 0 Å². The molecule has 1 atom stereocenters. The summed E-state index contributed by atoms with van der Waals surface area (Å²) in [6.45, 7) is 8.33. The Balaban J connectivity index is 1.99. The molecule has 1 aromatic carbocycles. The molecule has 1 aliphatic rings. The van der Waals surface area contributed by atoms with E-state index in [0.717, 1.165) is 36.1 Å². The molecule has 4 heteroatoms. The Labute approximate surface area is 129 Å². The van der Waals surface area contributed by atoms with Crippen molar-refractivity contribution < 1.29 is 4.39 Å². The van der Waals surface area contributed by atoms with E-state index in [-0.39, 0.29) is 5.82 Å². The molecule has 1 N–H and O–H groups in total. The Bertz CT molecular complexity index is 436. The lowest BCUT2D eigenvalue weighted by Crippen LogP contribution is -2.38. The zero-order chi connectivity index (χ0) is 14.5. The van der Waals surface area contributed by atoms with Crippen molar-refractivity contribution in [3.63, 3.8) is 0 Å². The highest BCUT2D eigenvalue weighted by atomic mass is 79.9. The molecule has 1 heterocycles. The third-order valence-electron chi connectivity index (χ3n) is 3.73. The van der Waals surface area contributed by atoms with Crippen molar-refractivity contribution >= 4 is 15.9 Å². The Morgan fingerprint density at radius 3 is 2.95 bits per heavy atom. The van der Waals surface area contributed by atoms with E-state index in [0.29, 0.717) is 18.5 Å². The van der Waals surface area contributed by atoms with Gasteiger partial charge in [-0.2, -0.15) is 0 Å². The molecule has 1 aromatic rings. The van der Waals surface area contributed by atoms with Crippen molar-refractivity contribution in [1.29, 1.82) is 0 Å². The summed E-state index contributed by atoms with van der Waals surface area (Å²) >= 11 is 3.31. The van der Waals surface area contributed by atoms with Crippen molar-refractivity contribution in [1.82, 2.24) is 10.2 Å². The molecule has 2 rings (SSSR count). The zero-order valence-corrected chi connectivity index (χ0v) is 13.9. The van der Waals surface area contributed by atoms with Crippen LogP contribution in [0.2, 0.25) is 0 Å². The van der Waals surface area contributed by atoms with Crippen molar-refractivity contribution in [3.8, 4) is 0 Å². The standard InChI is InChI=1S/C16H24BrFN2/c1-12(2)8-15-11-20(7-3-6-19-15)10-13-4-5-14(17)9-16(13)18/h4-5,9,12,15,19H,3,6-8,10-11H2,1-2H3. The molecule has 0 amide bonds. The van der Waals surface area contributed by atoms with Crippen LogP contribution in [-0.4, -0.2) is 30.6 Å². The first-order valence-corrected chi connectivity index (χ1v) is 8.23. The second kappa shape index (κ2) is 7.53. The molecule has 0 spiro atoms. The van der Waals surface area contributed by atoms with Crippen molar-refractivity contribution in [2.45, 2.75) is 39.3 Å². The van der Waals surface area contributed by atoms with Crippen LogP contribution in [0.25, 0.3) is 0 Å². The van der Waals surface area contributed by atoms with Gasteiger partial charge >= 0.3 is 0 Å². The lowest BCUT2D eigenvalue weighted by atomic mass is 10.0. The Hall–Kier alpha value is -0.450. The smallest absolute Gasteiger partial charge is 0.128 e. The summed E-state index contributed by atoms with van der Waals surface area (Å²) in [5.41, 5.74) is 0.790. The average molecular weight is 343 g/mol. The van der Waals surface area contributed by atoms with Crippen LogP contribution in [0.15, 0.2) is 22.7 Å². The summed E-state index contributed by atoms with van der Waals surface area (Å²) in [5.74, 6) is 0.578. The first-order chi connectivity index (χ1) is 9.54. The average Bonchev–Trinajstić information content (AvgIpc) is 2.57. The molecular weight excluding hydrogens is 319 g/mol. The highest BCUT2D eigenvalue weighted by molar-refractivity contribution is 9.10. The summed E-state index contributed by atoms with van der Waals surface area (Å²) in [6.07, 6.45) is 2.31. The van der Waals surface area contributed by atoms with E-state index in [1.807, 2.05) is 12.1 Å². The molecule has 0 aliphatic carbocycles. The Morgan fingerprint density at radius 1 is 1.45 bits per heavy atom. The molecule has 1 saturated heterocycles. The lowest BCUT2D eigenvalue weighted by molar-refractivity contribution is 0.245. The first-order valence-electron chi connectivity index (χ1n) is 7.44. The SMILES string of the molecule is CC(C)CC1CN(Cc2ccc(Br)cc2F)CCCN1. The molecule has 1 aliphatic heterocycles. The molecule has 112 valence electrons. The second-order valence-corrected chi connectivity index (χ2v) is 7.02. The summed E-state index contributed by atoms with van der Waals surface area (Å²) in [5, 5.41) is 3.61. The van der Waals surface area contributed by atoms with Gasteiger partial charge in [0.15, 0.2) is 0 Å². The van der Waals surface area contributed by atoms with Gasteiger partial charge in [0.2, 0.25) is 0 Å². The fourth-order valence-electron chi connectivity index (χ4n) is 2.84. The van der Waals surface area contributed by atoms with Crippen LogP contribution in [0.3, 0.4) is 0 Å². The van der Waals surface area contributed by atoms with E-state index in [4.69, 9.17) is 0 Å². The second-order valence-electron chi connectivity index (χ2n) is 6.10. The third-order valence-corrected chi connectivity index (χ3v) is 4.22. The summed E-state index contributed by atoms with van der Waals surface area (Å²) in [6, 6.07) is 5.88. The van der Waals surface area contributed by atoms with Crippen molar-refractivity contribution in [3.05, 3.63) is 34.1 Å². The third kappa shape index (κ3) is 4.83. The summed E-state index contributed by atoms with van der Waals surface area (Å²) in [4.78, 5) is 2.37. The number of nitrogens with zero attached hydrogens (tertiary/aromatic N) is 1. The lowest BCUT2D eigenvalue weighted by Gasteiger charge is -2.25. The minimum atomic E-state index is -0.114. The largest absolute Gasteiger partial charge is 0.313 e. The van der Waals surface area contributed by atoms with Gasteiger partial charge in [0.05, 0.1) is 0 Å². The van der Waals surface area contributed by atoms with Gasteiger partial charge in [-0.1, -0.05) is 35.8 Å². The molecule has 1 unspecified atom stereocenters. The fraction of sp³-hybridized carbons (Fsp3) is 0.625. The van der Waals surface area contributed by atoms with Crippen LogP contribution in [-0.2, 0) is 6.54 Å². The fourth-order valence-corrected chi connectivity index (χ4v) is 3.17. The summed E-state index contributed by atoms with van der Waals surface area (Å²) < 4.78 is 14.7. The van der Waals surface area contributed by atoms with Crippen LogP contribution < -0.4 is 5.32 Å². The van der Waals surface area contributed by atoms with Gasteiger partial charge in [0.25, 0.3) is 0 Å². The van der Waals surface area contributed by atoms with Gasteiger partial charge in [0.1, 0.15) is 5.82 Å². The molecule has 0 aromatic heterocycles. The van der Waals surface area contributed by atoms with E-state index in [1.54, 1.807) is 6.07 Å². The number of rotatable bonds is 4. The van der Waals surface area contributed by atoms with Gasteiger partial charge in [0, 0.05) is 29.2 Å². The van der Waals surface area contributed by atoms with E-state index < -0.39 is 0 Å². The maximum Gasteiger partial charge on any atom is 0.128 e. The molecule has 0 saturated carbocycles. The number of halogens is 2. The minimum Gasteiger partial charge on any atom is -0.313 e. The predicted octanol–water partition coefficient (Wildman–Crippen LogP) is 3.80. The van der Waals surface area contributed by atoms with Crippen LogP contribution in [0.4, 0.5) is 4.39 Å². The van der Waals surface area contributed by atoms with E-state index in [9.17, 15) is 4.39 Å². The maximum absolute atomic E-state index is 13.9.